The van der Waals surface area contributed by atoms with E-state index < -0.39 is 11.7 Å². The fraction of sp³-hybridized carbons (Fsp3) is 0.500. The molecule has 0 amide bonds. The predicted molar refractivity (Wildman–Crippen MR) is 94.6 cm³/mol. The fourth-order valence-corrected chi connectivity index (χ4v) is 4.96. The minimum absolute atomic E-state index is 0.000682. The Morgan fingerprint density at radius 3 is 2.84 bits per heavy atom. The van der Waals surface area contributed by atoms with Gasteiger partial charge >= 0.3 is 6.18 Å². The third-order valence-electron chi connectivity index (χ3n) is 4.97. The Hall–Kier alpha value is -1.55. The molecule has 0 spiro atoms. The lowest BCUT2D eigenvalue weighted by atomic mass is 10.1. The van der Waals surface area contributed by atoms with Crippen molar-refractivity contribution in [3.63, 3.8) is 0 Å². The number of nitrogens with two attached hydrogens (primary N) is 1. The lowest BCUT2D eigenvalue weighted by Crippen LogP contribution is -2.43. The van der Waals surface area contributed by atoms with Crippen LogP contribution in [-0.2, 0) is 6.18 Å². The van der Waals surface area contributed by atoms with E-state index in [0.717, 1.165) is 36.1 Å². The maximum atomic E-state index is 13.1. The van der Waals surface area contributed by atoms with E-state index in [9.17, 15) is 13.2 Å². The SMILES string of the molecule is CN[C@@H]1CCN(C2NCNc3c2sc2c(N)cc(C(F)(F)F)cc32)C1. The molecule has 2 atom stereocenters. The van der Waals surface area contributed by atoms with E-state index in [1.165, 1.54) is 17.4 Å². The maximum absolute atomic E-state index is 13.1. The molecule has 0 saturated carbocycles. The number of benzene rings is 1. The van der Waals surface area contributed by atoms with Gasteiger partial charge in [-0.3, -0.25) is 10.2 Å². The second kappa shape index (κ2) is 6.01. The van der Waals surface area contributed by atoms with Crippen LogP contribution in [0.25, 0.3) is 10.1 Å². The Bertz CT molecular complexity index is 803. The minimum atomic E-state index is -4.40. The van der Waals surface area contributed by atoms with E-state index in [4.69, 9.17) is 5.73 Å². The van der Waals surface area contributed by atoms with Crippen molar-refractivity contribution in [2.75, 3.05) is 37.9 Å². The van der Waals surface area contributed by atoms with Crippen LogP contribution >= 0.6 is 11.3 Å². The van der Waals surface area contributed by atoms with Crippen molar-refractivity contribution >= 4 is 32.8 Å². The van der Waals surface area contributed by atoms with Gasteiger partial charge < -0.3 is 16.4 Å². The molecule has 5 N–H and O–H groups in total. The Morgan fingerprint density at radius 1 is 1.36 bits per heavy atom. The second-order valence-electron chi connectivity index (χ2n) is 6.51. The first-order chi connectivity index (χ1) is 11.9. The highest BCUT2D eigenvalue weighted by atomic mass is 32.1. The molecule has 3 heterocycles. The fourth-order valence-electron chi connectivity index (χ4n) is 3.66. The van der Waals surface area contributed by atoms with Gasteiger partial charge in [-0.15, -0.1) is 11.3 Å². The number of hydrogen-bond acceptors (Lipinski definition) is 6. The largest absolute Gasteiger partial charge is 0.416 e. The van der Waals surface area contributed by atoms with Crippen molar-refractivity contribution in [1.29, 1.82) is 0 Å². The Balaban J connectivity index is 1.78. The van der Waals surface area contributed by atoms with Crippen molar-refractivity contribution in [2.24, 2.45) is 0 Å². The van der Waals surface area contributed by atoms with Crippen molar-refractivity contribution in [1.82, 2.24) is 15.5 Å². The minimum Gasteiger partial charge on any atom is -0.398 e. The molecule has 0 aliphatic carbocycles. The van der Waals surface area contributed by atoms with Gasteiger partial charge in [0.1, 0.15) is 0 Å². The molecule has 2 aliphatic heterocycles. The van der Waals surface area contributed by atoms with E-state index in [2.05, 4.69) is 20.9 Å². The molecule has 1 unspecified atom stereocenters. The number of likely N-dealkylation sites (tertiary alicyclic amines) is 1. The molecule has 1 aromatic heterocycles. The summed E-state index contributed by atoms with van der Waals surface area (Å²) in [7, 11) is 1.95. The number of fused-ring (bicyclic) bond motifs is 3. The number of likely N-dealkylation sites (N-methyl/N-ethyl adjacent to an activating group) is 1. The monoisotopic (exact) mass is 371 g/mol. The van der Waals surface area contributed by atoms with Crippen molar-refractivity contribution in [3.05, 3.63) is 22.6 Å². The Labute approximate surface area is 147 Å². The average molecular weight is 371 g/mol. The van der Waals surface area contributed by atoms with Crippen LogP contribution < -0.4 is 21.7 Å². The van der Waals surface area contributed by atoms with E-state index in [1.807, 2.05) is 7.05 Å². The van der Waals surface area contributed by atoms with Gasteiger partial charge in [-0.25, -0.2) is 0 Å². The van der Waals surface area contributed by atoms with E-state index >= 15 is 0 Å². The van der Waals surface area contributed by atoms with Crippen LogP contribution in [-0.4, -0.2) is 37.7 Å². The molecule has 5 nitrogen and oxygen atoms in total. The zero-order valence-corrected chi connectivity index (χ0v) is 14.5. The first-order valence-corrected chi connectivity index (χ1v) is 9.02. The third kappa shape index (κ3) is 2.84. The van der Waals surface area contributed by atoms with Gasteiger partial charge in [0, 0.05) is 24.5 Å². The number of nitrogen functional groups attached to an aromatic ring is 1. The smallest absolute Gasteiger partial charge is 0.398 e. The van der Waals surface area contributed by atoms with Crippen molar-refractivity contribution in [2.45, 2.75) is 24.8 Å². The van der Waals surface area contributed by atoms with Crippen LogP contribution in [0.4, 0.5) is 24.5 Å². The zero-order valence-electron chi connectivity index (χ0n) is 13.7. The van der Waals surface area contributed by atoms with E-state index in [0.29, 0.717) is 22.8 Å². The predicted octanol–water partition coefficient (Wildman–Crippen LogP) is 2.77. The lowest BCUT2D eigenvalue weighted by Gasteiger charge is -2.32. The van der Waals surface area contributed by atoms with Crippen LogP contribution in [0.2, 0.25) is 0 Å². The van der Waals surface area contributed by atoms with Gasteiger partial charge in [-0.05, 0) is 25.6 Å². The molecule has 136 valence electrons. The second-order valence-corrected chi connectivity index (χ2v) is 7.56. The summed E-state index contributed by atoms with van der Waals surface area (Å²) in [4.78, 5) is 3.33. The molecule has 4 rings (SSSR count). The number of nitrogens with zero attached hydrogens (tertiary/aromatic N) is 1. The summed E-state index contributed by atoms with van der Waals surface area (Å²) in [5, 5.41) is 10.5. The number of rotatable bonds is 2. The Kier molecular flexibility index (Phi) is 4.06. The third-order valence-corrected chi connectivity index (χ3v) is 6.28. The summed E-state index contributed by atoms with van der Waals surface area (Å²) >= 11 is 1.47. The molecule has 1 aromatic carbocycles. The number of hydrogen-bond donors (Lipinski definition) is 4. The number of nitrogens with one attached hydrogen (secondary N) is 3. The number of halogens is 3. The number of anilines is 2. The van der Waals surface area contributed by atoms with Crippen LogP contribution in [0.5, 0.6) is 0 Å². The standard InChI is InChI=1S/C16H20F3N5S/c1-21-9-2-3-24(6-9)15-14-12(22-7-23-15)10-4-8(16(17,18)19)5-11(20)13(10)25-14/h4-5,9,15,21-23H,2-3,6-7,20H2,1H3/t9-,15?/m1/s1. The van der Waals surface area contributed by atoms with Crippen LogP contribution in [0.3, 0.4) is 0 Å². The summed E-state index contributed by atoms with van der Waals surface area (Å²) in [5.74, 6) is 0. The highest BCUT2D eigenvalue weighted by molar-refractivity contribution is 7.20. The van der Waals surface area contributed by atoms with Crippen LogP contribution in [0, 0.1) is 0 Å². The summed E-state index contributed by atoms with van der Waals surface area (Å²) in [6, 6.07) is 2.67. The van der Waals surface area contributed by atoms with Gasteiger partial charge in [-0.1, -0.05) is 0 Å². The molecule has 1 fully saturated rings. The maximum Gasteiger partial charge on any atom is 0.416 e. The molecule has 2 aromatic rings. The lowest BCUT2D eigenvalue weighted by molar-refractivity contribution is -0.137. The van der Waals surface area contributed by atoms with Gasteiger partial charge in [0.2, 0.25) is 0 Å². The summed E-state index contributed by atoms with van der Waals surface area (Å²) in [5.41, 5.74) is 6.20. The topological polar surface area (TPSA) is 65.3 Å². The normalized spacial score (nSPS) is 24.5. The van der Waals surface area contributed by atoms with Gasteiger partial charge in [0.05, 0.1) is 39.3 Å². The van der Waals surface area contributed by atoms with Crippen molar-refractivity contribution in [3.8, 4) is 0 Å². The molecule has 1 saturated heterocycles. The van der Waals surface area contributed by atoms with Gasteiger partial charge in [-0.2, -0.15) is 13.2 Å². The first kappa shape index (κ1) is 16.9. The highest BCUT2D eigenvalue weighted by Gasteiger charge is 2.36. The molecule has 0 radical (unpaired) electrons. The summed E-state index contributed by atoms with van der Waals surface area (Å²) in [6.07, 6.45) is -3.35. The van der Waals surface area contributed by atoms with Crippen LogP contribution in [0.1, 0.15) is 23.0 Å². The number of alkyl halides is 3. The van der Waals surface area contributed by atoms with E-state index in [1.54, 1.807) is 0 Å². The van der Waals surface area contributed by atoms with Crippen LogP contribution in [0.15, 0.2) is 12.1 Å². The average Bonchev–Trinajstić information content (AvgIpc) is 3.18. The molecular weight excluding hydrogens is 351 g/mol. The molecular formula is C16H20F3N5S. The molecule has 9 heteroatoms. The summed E-state index contributed by atoms with van der Waals surface area (Å²) < 4.78 is 40.1. The van der Waals surface area contributed by atoms with Gasteiger partial charge in [0.25, 0.3) is 0 Å². The first-order valence-electron chi connectivity index (χ1n) is 8.20. The number of thiophene rings is 1. The molecule has 0 bridgehead atoms. The quantitative estimate of drug-likeness (QED) is 0.612. The molecule has 25 heavy (non-hydrogen) atoms. The molecule has 2 aliphatic rings. The highest BCUT2D eigenvalue weighted by Crippen LogP contribution is 2.46. The Morgan fingerprint density at radius 2 is 2.16 bits per heavy atom. The zero-order chi connectivity index (χ0) is 17.8. The van der Waals surface area contributed by atoms with E-state index in [-0.39, 0.29) is 11.9 Å². The van der Waals surface area contributed by atoms with Gasteiger partial charge in [0.15, 0.2) is 0 Å². The van der Waals surface area contributed by atoms with Crippen molar-refractivity contribution < 1.29 is 13.2 Å². The summed E-state index contributed by atoms with van der Waals surface area (Å²) in [6.45, 7) is 2.37.